The molecule has 271 valence electrons. The summed E-state index contributed by atoms with van der Waals surface area (Å²) in [5, 5.41) is 9.41. The minimum Gasteiger partial charge on any atom is -0.357 e. The van der Waals surface area contributed by atoms with E-state index in [0.717, 1.165) is 52.0 Å². The molecule has 0 aromatic rings. The Bertz CT molecular complexity index is 452. The number of halogens is 4. The summed E-state index contributed by atoms with van der Waals surface area (Å²) in [5.74, 6) is 2.23. The molecule has 5 atom stereocenters. The third kappa shape index (κ3) is 87.1. The van der Waals surface area contributed by atoms with Crippen molar-refractivity contribution in [1.82, 2.24) is 15.9 Å². The van der Waals surface area contributed by atoms with Gasteiger partial charge in [0.1, 0.15) is 0 Å². The molecule has 0 aliphatic heterocycles. The van der Waals surface area contributed by atoms with E-state index in [1.165, 1.54) is 20.3 Å². The third-order valence-electron chi connectivity index (χ3n) is 5.08. The summed E-state index contributed by atoms with van der Waals surface area (Å²) in [6, 6.07) is 1.06. The van der Waals surface area contributed by atoms with Crippen molar-refractivity contribution in [3.8, 4) is 0 Å². The fourth-order valence-electron chi connectivity index (χ4n) is 2.14. The summed E-state index contributed by atoms with van der Waals surface area (Å²) in [7, 11) is 1.36. The average molecular weight is 802 g/mol. The number of carbonyl (C=O) groups is 1. The van der Waals surface area contributed by atoms with Crippen LogP contribution in [0.4, 0.5) is 0 Å². The van der Waals surface area contributed by atoms with Crippen molar-refractivity contribution < 1.29 is 63.0 Å². The first-order chi connectivity index (χ1) is 20.9. The topological polar surface area (TPSA) is 235 Å². The Kier molecular flexibility index (Phi) is 85.3. The standard InChI is InChI=1S/C10H24N3.C7H19N3.C5H12BN2O.2C2H4Cl2.C2H8N2.Rb/c1-8(11)6-4-5-7-13-10(3)9(2)12;8-4-2-1-3-6-10-7-5-9;1-4(7)5(2)8-6-3-9;3*3-1-2-4;/h6,8-10,13H,4-5,7,11-12H2,1-3H3;10H,1-9H2;3-5,8H,7H2,1-2H3;2*1-2H2;1-4H2;/q-1;;;;;;+1. The van der Waals surface area contributed by atoms with Crippen molar-refractivity contribution >= 4 is 60.0 Å². The molecule has 0 saturated heterocycles. The van der Waals surface area contributed by atoms with Crippen LogP contribution in [0.25, 0.3) is 0 Å². The maximum Gasteiger partial charge on any atom is 1.00 e. The van der Waals surface area contributed by atoms with Crippen molar-refractivity contribution in [2.24, 2.45) is 40.1 Å². The molecule has 45 heavy (non-hydrogen) atoms. The third-order valence-corrected chi connectivity index (χ3v) is 6.22. The van der Waals surface area contributed by atoms with E-state index in [1.807, 2.05) is 27.7 Å². The Morgan fingerprint density at radius 1 is 0.667 bits per heavy atom. The maximum atomic E-state index is 9.77. The summed E-state index contributed by atoms with van der Waals surface area (Å²) in [4.78, 5) is 9.77. The molecule has 0 spiro atoms. The number of carbonyl (C=O) groups excluding carboxylic acids is 1. The Labute approximate surface area is 347 Å². The zero-order valence-electron chi connectivity index (χ0n) is 29.4. The minimum atomic E-state index is 0. The number of unbranched alkanes of at least 4 members (excludes halogenated alkanes) is 3. The van der Waals surface area contributed by atoms with Crippen LogP contribution in [0.5, 0.6) is 0 Å². The van der Waals surface area contributed by atoms with Crippen molar-refractivity contribution in [3.05, 3.63) is 6.42 Å². The first kappa shape index (κ1) is 62.4. The van der Waals surface area contributed by atoms with Gasteiger partial charge in [0.25, 0.3) is 7.41 Å². The smallest absolute Gasteiger partial charge is 0.357 e. The van der Waals surface area contributed by atoms with Crippen LogP contribution in [0, 0.1) is 6.42 Å². The van der Waals surface area contributed by atoms with E-state index in [1.54, 1.807) is 0 Å². The second kappa shape index (κ2) is 61.5. The molecule has 0 bridgehead atoms. The monoisotopic (exact) mass is 799 g/mol. The van der Waals surface area contributed by atoms with Gasteiger partial charge in [0.15, 0.2) is 0 Å². The van der Waals surface area contributed by atoms with E-state index >= 15 is 0 Å². The van der Waals surface area contributed by atoms with E-state index < -0.39 is 0 Å². The molecule has 17 N–H and O–H groups in total. The van der Waals surface area contributed by atoms with Crippen molar-refractivity contribution in [3.63, 3.8) is 0 Å². The molecule has 0 aromatic heterocycles. The molecule has 0 aromatic carbocycles. The number of alkyl halides is 4. The van der Waals surface area contributed by atoms with E-state index in [0.29, 0.717) is 48.8 Å². The van der Waals surface area contributed by atoms with Crippen molar-refractivity contribution in [2.45, 2.75) is 96.9 Å². The SMILES string of the molecule is CC(N)C(C)N[B]C=O.CC(N)[CH-]CCCNC(C)C(C)N.ClCCCl.ClCCCl.NCCCCCNCCN.NCCN.[Rb+]. The fourth-order valence-corrected chi connectivity index (χ4v) is 2.14. The van der Waals surface area contributed by atoms with E-state index in [9.17, 15) is 4.79 Å². The summed E-state index contributed by atoms with van der Waals surface area (Å²) < 4.78 is 0. The minimum absolute atomic E-state index is 0. The van der Waals surface area contributed by atoms with Crippen LogP contribution >= 0.6 is 46.4 Å². The summed E-state index contributed by atoms with van der Waals surface area (Å²) in [5.41, 5.74) is 37.2. The molecular weight excluding hydrogens is 730 g/mol. The summed E-state index contributed by atoms with van der Waals surface area (Å²) in [6.45, 7) is 15.7. The van der Waals surface area contributed by atoms with E-state index in [-0.39, 0.29) is 82.4 Å². The van der Waals surface area contributed by atoms with Crippen LogP contribution in [0.15, 0.2) is 0 Å². The Morgan fingerprint density at radius 2 is 1.16 bits per heavy atom. The second-order valence-corrected chi connectivity index (χ2v) is 11.2. The van der Waals surface area contributed by atoms with Gasteiger partial charge >= 0.3 is 58.2 Å². The molecule has 0 aliphatic rings. The first-order valence-electron chi connectivity index (χ1n) is 15.5. The normalized spacial score (nSPS) is 12.8. The quantitative estimate of drug-likeness (QED) is 0.0206. The zero-order valence-corrected chi connectivity index (χ0v) is 37.3. The van der Waals surface area contributed by atoms with Crippen LogP contribution in [-0.2, 0) is 4.79 Å². The van der Waals surface area contributed by atoms with E-state index in [4.69, 9.17) is 86.5 Å². The molecule has 0 heterocycles. The molecule has 17 heteroatoms. The van der Waals surface area contributed by atoms with Gasteiger partial charge in [-0.2, -0.15) is 6.42 Å². The van der Waals surface area contributed by atoms with Gasteiger partial charge in [-0.15, -0.1) is 52.4 Å². The van der Waals surface area contributed by atoms with E-state index in [2.05, 4.69) is 29.2 Å². The molecule has 0 amide bonds. The van der Waals surface area contributed by atoms with Crippen molar-refractivity contribution in [2.75, 3.05) is 69.3 Å². The number of hydrogen-bond donors (Lipinski definition) is 10. The largest absolute Gasteiger partial charge is 1.00 e. The number of hydrogen-bond acceptors (Lipinski definition) is 11. The molecule has 11 nitrogen and oxygen atoms in total. The zero-order chi connectivity index (χ0) is 35.4. The maximum absolute atomic E-state index is 9.77. The van der Waals surface area contributed by atoms with Gasteiger partial charge in [0, 0.05) is 73.9 Å². The molecule has 0 saturated carbocycles. The average Bonchev–Trinajstić information content (AvgIpc) is 3.01. The number of nitrogens with two attached hydrogens (primary N) is 7. The molecular formula is C28H71BCl4N10ORb. The van der Waals surface area contributed by atoms with Crippen LogP contribution in [-0.4, -0.2) is 113 Å². The molecule has 0 fully saturated rings. The van der Waals surface area contributed by atoms with Crippen LogP contribution in [0.3, 0.4) is 0 Å². The second-order valence-electron chi connectivity index (χ2n) is 9.68. The van der Waals surface area contributed by atoms with Gasteiger partial charge in [-0.1, -0.05) is 19.8 Å². The Morgan fingerprint density at radius 3 is 1.49 bits per heavy atom. The molecule has 5 unspecified atom stereocenters. The Hall–Kier alpha value is 2.30. The summed E-state index contributed by atoms with van der Waals surface area (Å²) in [6.07, 6.45) is 8.65. The molecule has 1 radical (unpaired) electrons. The molecule has 0 rings (SSSR count). The predicted molar refractivity (Wildman–Crippen MR) is 203 cm³/mol. The van der Waals surface area contributed by atoms with Gasteiger partial charge < -0.3 is 67.2 Å². The fraction of sp³-hybridized carbons (Fsp3) is 0.929. The summed E-state index contributed by atoms with van der Waals surface area (Å²) >= 11 is 20.2. The number of nitrogens with one attached hydrogen (secondary N) is 3. The van der Waals surface area contributed by atoms with Crippen LogP contribution in [0.2, 0.25) is 0 Å². The van der Waals surface area contributed by atoms with Gasteiger partial charge in [-0.3, -0.25) is 0 Å². The van der Waals surface area contributed by atoms with Crippen LogP contribution < -0.4 is 114 Å². The predicted octanol–water partition coefficient (Wildman–Crippen LogP) is -1.74. The van der Waals surface area contributed by atoms with Crippen LogP contribution in [0.1, 0.15) is 66.7 Å². The van der Waals surface area contributed by atoms with Gasteiger partial charge in [0.05, 0.1) is 6.19 Å². The van der Waals surface area contributed by atoms with Gasteiger partial charge in [-0.25, -0.2) is 0 Å². The van der Waals surface area contributed by atoms with Crippen molar-refractivity contribution in [1.29, 1.82) is 0 Å². The Balaban J connectivity index is -0.0000000816. The van der Waals surface area contributed by atoms with Gasteiger partial charge in [0.2, 0.25) is 0 Å². The van der Waals surface area contributed by atoms with Gasteiger partial charge in [-0.05, 0) is 60.2 Å². The number of rotatable bonds is 21. The molecule has 0 aliphatic carbocycles. The first-order valence-corrected chi connectivity index (χ1v) is 17.6.